The Hall–Kier alpha value is -3.74. The van der Waals surface area contributed by atoms with Crippen LogP contribution in [0.4, 0.5) is 17.6 Å². The van der Waals surface area contributed by atoms with Gasteiger partial charge in [-0.25, -0.2) is 4.39 Å². The third kappa shape index (κ3) is 3.18. The van der Waals surface area contributed by atoms with E-state index in [2.05, 4.69) is 19.8 Å². The smallest absolute Gasteiger partial charge is 0.329 e. The van der Waals surface area contributed by atoms with Gasteiger partial charge in [0.1, 0.15) is 11.9 Å². The second-order valence-corrected chi connectivity index (χ2v) is 5.90. The Morgan fingerprint density at radius 2 is 1.86 bits per heavy atom. The summed E-state index contributed by atoms with van der Waals surface area (Å²) in [7, 11) is 0. The summed E-state index contributed by atoms with van der Waals surface area (Å²) in [6.45, 7) is 0.238. The van der Waals surface area contributed by atoms with Gasteiger partial charge in [-0.3, -0.25) is 4.68 Å². The first kappa shape index (κ1) is 17.7. The minimum atomic E-state index is -4.71. The van der Waals surface area contributed by atoms with Crippen LogP contribution in [0.5, 0.6) is 0 Å². The maximum absolute atomic E-state index is 13.6. The van der Waals surface area contributed by atoms with Crippen molar-refractivity contribution in [2.24, 2.45) is 0 Å². The minimum absolute atomic E-state index is 0.179. The zero-order valence-corrected chi connectivity index (χ0v) is 13.9. The van der Waals surface area contributed by atoms with E-state index in [0.29, 0.717) is 16.5 Å². The lowest BCUT2D eigenvalue weighted by atomic mass is 10.1. The molecule has 0 N–H and O–H groups in total. The van der Waals surface area contributed by atoms with Gasteiger partial charge in [-0.2, -0.15) is 28.5 Å². The second-order valence-electron chi connectivity index (χ2n) is 5.90. The van der Waals surface area contributed by atoms with Crippen molar-refractivity contribution in [3.63, 3.8) is 0 Å². The number of rotatable bonds is 3. The largest absolute Gasteiger partial charge is 0.471 e. The number of hydrogen-bond acceptors (Lipinski definition) is 5. The Balaban J connectivity index is 1.62. The predicted octanol–water partition coefficient (Wildman–Crippen LogP) is 4.16. The molecule has 0 bridgehead atoms. The van der Waals surface area contributed by atoms with Gasteiger partial charge in [0.05, 0.1) is 12.1 Å². The molecule has 2 aromatic carbocycles. The molecule has 140 valence electrons. The molecule has 0 aliphatic rings. The van der Waals surface area contributed by atoms with Crippen molar-refractivity contribution in [2.75, 3.05) is 0 Å². The molecule has 0 fully saturated rings. The summed E-state index contributed by atoms with van der Waals surface area (Å²) in [5.74, 6) is -2.05. The van der Waals surface area contributed by atoms with Gasteiger partial charge in [-0.15, -0.1) is 0 Å². The SMILES string of the molecule is N#Cc1nn(Cc2ccc(-c3noc(C(F)(F)F)n3)cc2)c2cc(F)ccc12. The molecule has 0 aliphatic heterocycles. The first-order chi connectivity index (χ1) is 13.3. The molecular formula is C18H9F4N5O. The molecule has 6 nitrogen and oxygen atoms in total. The lowest BCUT2D eigenvalue weighted by Gasteiger charge is -2.05. The molecule has 0 amide bonds. The zero-order chi connectivity index (χ0) is 19.9. The lowest BCUT2D eigenvalue weighted by Crippen LogP contribution is -2.04. The molecule has 0 radical (unpaired) electrons. The topological polar surface area (TPSA) is 80.5 Å². The van der Waals surface area contributed by atoms with Crippen molar-refractivity contribution >= 4 is 10.9 Å². The van der Waals surface area contributed by atoms with Crippen molar-refractivity contribution < 1.29 is 22.1 Å². The van der Waals surface area contributed by atoms with Crippen LogP contribution in [0.1, 0.15) is 17.1 Å². The van der Waals surface area contributed by atoms with E-state index in [1.165, 1.54) is 35.0 Å². The molecule has 0 atom stereocenters. The molecule has 2 aromatic heterocycles. The third-order valence-electron chi connectivity index (χ3n) is 4.03. The van der Waals surface area contributed by atoms with Crippen LogP contribution in [0.3, 0.4) is 0 Å². The Bertz CT molecular complexity index is 1200. The maximum atomic E-state index is 13.6. The standard InChI is InChI=1S/C18H9F4N5O/c19-12-5-6-13-14(8-23)25-27(15(13)7-12)9-10-1-3-11(4-2-10)16-24-17(28-26-16)18(20,21)22/h1-7H,9H2. The van der Waals surface area contributed by atoms with E-state index < -0.39 is 17.9 Å². The highest BCUT2D eigenvalue weighted by Gasteiger charge is 2.38. The summed E-state index contributed by atoms with van der Waals surface area (Å²) < 4.78 is 56.9. The number of halogens is 4. The summed E-state index contributed by atoms with van der Waals surface area (Å²) in [6.07, 6.45) is -4.71. The second kappa shape index (κ2) is 6.45. The fourth-order valence-electron chi connectivity index (χ4n) is 2.74. The van der Waals surface area contributed by atoms with E-state index in [0.717, 1.165) is 5.56 Å². The summed E-state index contributed by atoms with van der Waals surface area (Å²) in [5.41, 5.74) is 1.73. The Morgan fingerprint density at radius 1 is 1.11 bits per heavy atom. The number of nitriles is 1. The molecule has 0 saturated carbocycles. The third-order valence-corrected chi connectivity index (χ3v) is 4.03. The number of aromatic nitrogens is 4. The monoisotopic (exact) mass is 387 g/mol. The van der Waals surface area contributed by atoms with Crippen molar-refractivity contribution in [2.45, 2.75) is 12.7 Å². The van der Waals surface area contributed by atoms with Crippen LogP contribution < -0.4 is 0 Å². The molecule has 0 unspecified atom stereocenters. The number of benzene rings is 2. The van der Waals surface area contributed by atoms with Crippen LogP contribution in [-0.4, -0.2) is 19.9 Å². The minimum Gasteiger partial charge on any atom is -0.329 e. The molecule has 10 heteroatoms. The molecule has 4 rings (SSSR count). The number of alkyl halides is 3. The van der Waals surface area contributed by atoms with Crippen LogP contribution in [0, 0.1) is 17.1 Å². The number of nitrogens with zero attached hydrogens (tertiary/aromatic N) is 5. The fourth-order valence-corrected chi connectivity index (χ4v) is 2.74. The molecular weight excluding hydrogens is 378 g/mol. The predicted molar refractivity (Wildman–Crippen MR) is 88.2 cm³/mol. The van der Waals surface area contributed by atoms with Gasteiger partial charge in [0, 0.05) is 10.9 Å². The van der Waals surface area contributed by atoms with E-state index in [9.17, 15) is 22.8 Å². The van der Waals surface area contributed by atoms with Gasteiger partial charge in [0.15, 0.2) is 5.69 Å². The first-order valence-electron chi connectivity index (χ1n) is 7.91. The van der Waals surface area contributed by atoms with Gasteiger partial charge in [-0.05, 0) is 23.8 Å². The fraction of sp³-hybridized carbons (Fsp3) is 0.111. The van der Waals surface area contributed by atoms with Gasteiger partial charge in [0.2, 0.25) is 5.82 Å². The summed E-state index contributed by atoms with van der Waals surface area (Å²) in [5, 5.41) is 17.2. The molecule has 0 saturated heterocycles. The van der Waals surface area contributed by atoms with Crippen LogP contribution in [0.2, 0.25) is 0 Å². The highest BCUT2D eigenvalue weighted by atomic mass is 19.4. The van der Waals surface area contributed by atoms with Crippen molar-refractivity contribution in [1.29, 1.82) is 5.26 Å². The van der Waals surface area contributed by atoms with Crippen LogP contribution in [-0.2, 0) is 12.7 Å². The van der Waals surface area contributed by atoms with E-state index in [1.54, 1.807) is 12.1 Å². The van der Waals surface area contributed by atoms with Crippen LogP contribution in [0.25, 0.3) is 22.3 Å². The average molecular weight is 387 g/mol. The van der Waals surface area contributed by atoms with Gasteiger partial charge in [-0.1, -0.05) is 29.4 Å². The lowest BCUT2D eigenvalue weighted by molar-refractivity contribution is -0.159. The van der Waals surface area contributed by atoms with E-state index in [-0.39, 0.29) is 18.1 Å². The van der Waals surface area contributed by atoms with E-state index >= 15 is 0 Å². The molecule has 4 aromatic rings. The molecule has 0 spiro atoms. The van der Waals surface area contributed by atoms with Crippen molar-refractivity contribution in [3.05, 3.63) is 65.4 Å². The molecule has 28 heavy (non-hydrogen) atoms. The first-order valence-corrected chi connectivity index (χ1v) is 7.91. The summed E-state index contributed by atoms with van der Waals surface area (Å²) >= 11 is 0. The highest BCUT2D eigenvalue weighted by molar-refractivity contribution is 5.84. The summed E-state index contributed by atoms with van der Waals surface area (Å²) in [6, 6.07) is 12.4. The van der Waals surface area contributed by atoms with Crippen LogP contribution >= 0.6 is 0 Å². The molecule has 2 heterocycles. The number of fused-ring (bicyclic) bond motifs is 1. The van der Waals surface area contributed by atoms with Crippen molar-refractivity contribution in [1.82, 2.24) is 19.9 Å². The van der Waals surface area contributed by atoms with Gasteiger partial charge >= 0.3 is 12.1 Å². The normalized spacial score (nSPS) is 11.7. The average Bonchev–Trinajstić information content (AvgIpc) is 3.28. The number of hydrogen-bond donors (Lipinski definition) is 0. The van der Waals surface area contributed by atoms with E-state index in [1.807, 2.05) is 6.07 Å². The maximum Gasteiger partial charge on any atom is 0.471 e. The highest BCUT2D eigenvalue weighted by Crippen LogP contribution is 2.29. The summed E-state index contributed by atoms with van der Waals surface area (Å²) in [4.78, 5) is 3.33. The zero-order valence-electron chi connectivity index (χ0n) is 13.9. The quantitative estimate of drug-likeness (QED) is 0.493. The van der Waals surface area contributed by atoms with E-state index in [4.69, 9.17) is 0 Å². The van der Waals surface area contributed by atoms with Crippen molar-refractivity contribution in [3.8, 4) is 17.5 Å². The van der Waals surface area contributed by atoms with Gasteiger partial charge < -0.3 is 4.52 Å². The molecule has 0 aliphatic carbocycles. The van der Waals surface area contributed by atoms with Gasteiger partial charge in [0.25, 0.3) is 0 Å². The van der Waals surface area contributed by atoms with Crippen LogP contribution in [0.15, 0.2) is 47.0 Å². The Labute approximate surface area is 154 Å². The Morgan fingerprint density at radius 3 is 2.50 bits per heavy atom. The Kier molecular flexibility index (Phi) is 4.07.